The minimum atomic E-state index is 0.534. The Bertz CT molecular complexity index is 250. The molecule has 0 saturated heterocycles. The maximum absolute atomic E-state index is 5.09. The zero-order chi connectivity index (χ0) is 7.56. The molecule has 1 rings (SSSR count). The molecule has 0 aromatic carbocycles. The third kappa shape index (κ3) is 1.39. The quantitative estimate of drug-likeness (QED) is 0.628. The summed E-state index contributed by atoms with van der Waals surface area (Å²) in [6, 6.07) is 0. The lowest BCUT2D eigenvalue weighted by Gasteiger charge is -1.88. The van der Waals surface area contributed by atoms with Crippen molar-refractivity contribution in [3.63, 3.8) is 0 Å². The number of hydrogen-bond acceptors (Lipinski definition) is 1. The predicted molar refractivity (Wildman–Crippen MR) is 43.5 cm³/mol. The minimum absolute atomic E-state index is 0.534. The number of terminal acetylenes is 1. The lowest BCUT2D eigenvalue weighted by atomic mass is 10.5. The van der Waals surface area contributed by atoms with Crippen LogP contribution in [0.25, 0.3) is 0 Å². The second kappa shape index (κ2) is 2.89. The summed E-state index contributed by atoms with van der Waals surface area (Å²) >= 11 is 3.33. The van der Waals surface area contributed by atoms with Crippen LogP contribution in [0.4, 0.5) is 0 Å². The number of nitrogens with zero attached hydrogens (tertiary/aromatic N) is 2. The van der Waals surface area contributed by atoms with Crippen LogP contribution in [-0.4, -0.2) is 9.78 Å². The molecule has 3 heteroatoms. The van der Waals surface area contributed by atoms with Gasteiger partial charge in [0.25, 0.3) is 0 Å². The summed E-state index contributed by atoms with van der Waals surface area (Å²) in [4.78, 5) is 0. The summed E-state index contributed by atoms with van der Waals surface area (Å²) in [6.45, 7) is 2.46. The van der Waals surface area contributed by atoms with Crippen molar-refractivity contribution in [2.45, 2.75) is 13.5 Å². The topological polar surface area (TPSA) is 17.8 Å². The molecule has 0 aliphatic carbocycles. The Labute approximate surface area is 68.4 Å². The van der Waals surface area contributed by atoms with Gasteiger partial charge in [-0.05, 0) is 22.9 Å². The molecule has 0 spiro atoms. The van der Waals surface area contributed by atoms with Crippen molar-refractivity contribution in [2.24, 2.45) is 0 Å². The van der Waals surface area contributed by atoms with Gasteiger partial charge >= 0.3 is 0 Å². The minimum Gasteiger partial charge on any atom is -0.259 e. The van der Waals surface area contributed by atoms with Crippen LogP contribution in [0.2, 0.25) is 0 Å². The van der Waals surface area contributed by atoms with E-state index >= 15 is 0 Å². The normalized spacial score (nSPS) is 9.30. The first kappa shape index (κ1) is 7.36. The van der Waals surface area contributed by atoms with E-state index in [2.05, 4.69) is 26.9 Å². The van der Waals surface area contributed by atoms with E-state index in [9.17, 15) is 0 Å². The Hall–Kier alpha value is -0.750. The van der Waals surface area contributed by atoms with Gasteiger partial charge in [-0.2, -0.15) is 5.10 Å². The fraction of sp³-hybridized carbons (Fsp3) is 0.286. The predicted octanol–water partition coefficient (Wildman–Crippen LogP) is 1.59. The Morgan fingerprint density at radius 1 is 1.90 bits per heavy atom. The van der Waals surface area contributed by atoms with Crippen LogP contribution in [-0.2, 0) is 6.54 Å². The van der Waals surface area contributed by atoms with E-state index in [1.165, 1.54) is 0 Å². The molecule has 10 heavy (non-hydrogen) atoms. The van der Waals surface area contributed by atoms with Crippen LogP contribution in [0.5, 0.6) is 0 Å². The van der Waals surface area contributed by atoms with Crippen LogP contribution in [0, 0.1) is 19.3 Å². The lowest BCUT2D eigenvalue weighted by molar-refractivity contribution is 0.707. The maximum Gasteiger partial charge on any atom is 0.101 e. The molecular weight excluding hydrogens is 192 g/mol. The lowest BCUT2D eigenvalue weighted by Crippen LogP contribution is -1.95. The summed E-state index contributed by atoms with van der Waals surface area (Å²) in [6.07, 6.45) is 6.96. The van der Waals surface area contributed by atoms with E-state index in [1.54, 1.807) is 4.68 Å². The smallest absolute Gasteiger partial charge is 0.101 e. The fourth-order valence-corrected chi connectivity index (χ4v) is 0.984. The second-order valence-corrected chi connectivity index (χ2v) is 2.82. The number of aromatic nitrogens is 2. The molecule has 0 fully saturated rings. The molecule has 0 bridgehead atoms. The van der Waals surface area contributed by atoms with Crippen LogP contribution in [0.3, 0.4) is 0 Å². The van der Waals surface area contributed by atoms with Gasteiger partial charge in [0.2, 0.25) is 0 Å². The Balaban J connectivity index is 2.90. The first-order valence-electron chi connectivity index (χ1n) is 2.87. The van der Waals surface area contributed by atoms with Crippen molar-refractivity contribution in [1.29, 1.82) is 0 Å². The highest BCUT2D eigenvalue weighted by atomic mass is 79.9. The van der Waals surface area contributed by atoms with Crippen LogP contribution < -0.4 is 0 Å². The van der Waals surface area contributed by atoms with E-state index in [0.717, 1.165) is 10.2 Å². The highest BCUT2D eigenvalue weighted by Gasteiger charge is 1.98. The van der Waals surface area contributed by atoms with Gasteiger partial charge in [-0.3, -0.25) is 4.68 Å². The molecule has 2 nitrogen and oxygen atoms in total. The van der Waals surface area contributed by atoms with Crippen molar-refractivity contribution < 1.29 is 0 Å². The van der Waals surface area contributed by atoms with E-state index in [1.807, 2.05) is 13.1 Å². The number of aryl methyl sites for hydroxylation is 1. The molecular formula is C7H7BrN2. The van der Waals surface area contributed by atoms with Crippen molar-refractivity contribution in [3.05, 3.63) is 16.4 Å². The monoisotopic (exact) mass is 198 g/mol. The van der Waals surface area contributed by atoms with Gasteiger partial charge in [0, 0.05) is 6.20 Å². The molecule has 1 aromatic rings. The van der Waals surface area contributed by atoms with Crippen LogP contribution in [0.15, 0.2) is 10.7 Å². The SMILES string of the molecule is C#CCn1cc(Br)c(C)n1. The highest BCUT2D eigenvalue weighted by Crippen LogP contribution is 2.12. The fourth-order valence-electron chi connectivity index (χ4n) is 0.668. The molecule has 0 atom stereocenters. The molecule has 0 unspecified atom stereocenters. The molecule has 52 valence electrons. The van der Waals surface area contributed by atoms with Crippen molar-refractivity contribution in [3.8, 4) is 12.3 Å². The summed E-state index contributed by atoms with van der Waals surface area (Å²) in [5.41, 5.74) is 0.968. The van der Waals surface area contributed by atoms with Gasteiger partial charge < -0.3 is 0 Å². The van der Waals surface area contributed by atoms with Crippen molar-refractivity contribution >= 4 is 15.9 Å². The summed E-state index contributed by atoms with van der Waals surface area (Å²) in [5, 5.41) is 4.13. The molecule has 0 amide bonds. The van der Waals surface area contributed by atoms with Gasteiger partial charge in [0.15, 0.2) is 0 Å². The number of hydrogen-bond donors (Lipinski definition) is 0. The van der Waals surface area contributed by atoms with Crippen LogP contribution in [0.1, 0.15) is 5.69 Å². The molecule has 1 heterocycles. The van der Waals surface area contributed by atoms with Gasteiger partial charge in [0.1, 0.15) is 6.54 Å². The molecule has 0 aliphatic rings. The van der Waals surface area contributed by atoms with Gasteiger partial charge in [0.05, 0.1) is 10.2 Å². The van der Waals surface area contributed by atoms with Gasteiger partial charge in [-0.25, -0.2) is 0 Å². The second-order valence-electron chi connectivity index (χ2n) is 1.96. The van der Waals surface area contributed by atoms with E-state index < -0.39 is 0 Å². The summed E-state index contributed by atoms with van der Waals surface area (Å²) in [5.74, 6) is 2.50. The average Bonchev–Trinajstić information content (AvgIpc) is 2.14. The zero-order valence-corrected chi connectivity index (χ0v) is 7.22. The maximum atomic E-state index is 5.09. The Kier molecular flexibility index (Phi) is 2.13. The molecule has 0 N–H and O–H groups in total. The zero-order valence-electron chi connectivity index (χ0n) is 5.63. The molecule has 1 aromatic heterocycles. The molecule has 0 aliphatic heterocycles. The van der Waals surface area contributed by atoms with Gasteiger partial charge in [-0.1, -0.05) is 5.92 Å². The standard InChI is InChI=1S/C7H7BrN2/c1-3-4-10-5-7(8)6(2)9-10/h1,5H,4H2,2H3. The largest absolute Gasteiger partial charge is 0.259 e. The first-order valence-corrected chi connectivity index (χ1v) is 3.66. The molecule has 0 saturated carbocycles. The summed E-state index contributed by atoms with van der Waals surface area (Å²) in [7, 11) is 0. The number of halogens is 1. The van der Waals surface area contributed by atoms with E-state index in [0.29, 0.717) is 6.54 Å². The number of rotatable bonds is 1. The Morgan fingerprint density at radius 3 is 3.00 bits per heavy atom. The highest BCUT2D eigenvalue weighted by molar-refractivity contribution is 9.10. The van der Waals surface area contributed by atoms with Gasteiger partial charge in [-0.15, -0.1) is 6.42 Å². The summed E-state index contributed by atoms with van der Waals surface area (Å²) < 4.78 is 2.72. The van der Waals surface area contributed by atoms with E-state index in [-0.39, 0.29) is 0 Å². The Morgan fingerprint density at radius 2 is 2.60 bits per heavy atom. The third-order valence-corrected chi connectivity index (χ3v) is 1.92. The third-order valence-electron chi connectivity index (χ3n) is 1.14. The van der Waals surface area contributed by atoms with Crippen molar-refractivity contribution in [2.75, 3.05) is 0 Å². The molecule has 0 radical (unpaired) electrons. The average molecular weight is 199 g/mol. The van der Waals surface area contributed by atoms with Crippen molar-refractivity contribution in [1.82, 2.24) is 9.78 Å². The van der Waals surface area contributed by atoms with E-state index in [4.69, 9.17) is 6.42 Å². The van der Waals surface area contributed by atoms with Crippen LogP contribution >= 0.6 is 15.9 Å². The first-order chi connectivity index (χ1) is 4.74.